The van der Waals surface area contributed by atoms with Gasteiger partial charge in [0.2, 0.25) is 5.91 Å². The van der Waals surface area contributed by atoms with Gasteiger partial charge < -0.3 is 10.2 Å². The van der Waals surface area contributed by atoms with Crippen LogP contribution in [0.3, 0.4) is 0 Å². The number of rotatable bonds is 4. The average Bonchev–Trinajstić information content (AvgIpc) is 2.96. The van der Waals surface area contributed by atoms with Crippen molar-refractivity contribution in [3.63, 3.8) is 0 Å². The maximum atomic E-state index is 11.9. The summed E-state index contributed by atoms with van der Waals surface area (Å²) in [5.41, 5.74) is 2.83. The Hall–Kier alpha value is -0.940. The van der Waals surface area contributed by atoms with Gasteiger partial charge in [-0.3, -0.25) is 4.79 Å². The zero-order chi connectivity index (χ0) is 11.4. The number of likely N-dealkylation sites (N-methyl/N-ethyl adjacent to an activating group) is 1. The highest BCUT2D eigenvalue weighted by Crippen LogP contribution is 2.10. The van der Waals surface area contributed by atoms with E-state index >= 15 is 0 Å². The van der Waals surface area contributed by atoms with Gasteiger partial charge in [0.1, 0.15) is 0 Å². The van der Waals surface area contributed by atoms with Gasteiger partial charge in [0.25, 0.3) is 0 Å². The molecular formula is C11H17N3OS. The van der Waals surface area contributed by atoms with Crippen LogP contribution in [0.1, 0.15) is 18.5 Å². The Morgan fingerprint density at radius 1 is 1.75 bits per heavy atom. The second-order valence-electron chi connectivity index (χ2n) is 4.13. The van der Waals surface area contributed by atoms with Gasteiger partial charge in [-0.05, 0) is 19.4 Å². The van der Waals surface area contributed by atoms with Crippen LogP contribution >= 0.6 is 11.3 Å². The number of nitrogens with zero attached hydrogens (tertiary/aromatic N) is 2. The first-order chi connectivity index (χ1) is 7.77. The molecule has 2 heterocycles. The fourth-order valence-electron chi connectivity index (χ4n) is 1.95. The molecule has 0 spiro atoms. The van der Waals surface area contributed by atoms with E-state index in [1.165, 1.54) is 0 Å². The van der Waals surface area contributed by atoms with Crippen LogP contribution in [0.25, 0.3) is 0 Å². The summed E-state index contributed by atoms with van der Waals surface area (Å²) in [6, 6.07) is 0.378. The molecule has 0 saturated carbocycles. The summed E-state index contributed by atoms with van der Waals surface area (Å²) >= 11 is 1.58. The molecule has 1 amide bonds. The number of aryl methyl sites for hydroxylation is 1. The molecule has 4 nitrogen and oxygen atoms in total. The predicted octanol–water partition coefficient (Wildman–Crippen LogP) is 0.896. The average molecular weight is 239 g/mol. The Morgan fingerprint density at radius 3 is 3.25 bits per heavy atom. The van der Waals surface area contributed by atoms with Crippen molar-refractivity contribution in [2.45, 2.75) is 25.3 Å². The number of thiazole rings is 1. The summed E-state index contributed by atoms with van der Waals surface area (Å²) in [6.45, 7) is 1.95. The zero-order valence-electron chi connectivity index (χ0n) is 9.48. The molecule has 88 valence electrons. The topological polar surface area (TPSA) is 45.2 Å². The minimum atomic E-state index is 0.224. The molecule has 1 aliphatic rings. The molecule has 1 fully saturated rings. The molecule has 1 atom stereocenters. The first-order valence-corrected chi connectivity index (χ1v) is 6.55. The van der Waals surface area contributed by atoms with Crippen molar-refractivity contribution in [1.29, 1.82) is 0 Å². The largest absolute Gasteiger partial charge is 0.341 e. The third kappa shape index (κ3) is 2.80. The van der Waals surface area contributed by atoms with Crippen molar-refractivity contribution in [2.75, 3.05) is 20.1 Å². The number of amides is 1. The molecule has 5 heteroatoms. The first kappa shape index (κ1) is 11.5. The highest BCUT2D eigenvalue weighted by molar-refractivity contribution is 7.07. The van der Waals surface area contributed by atoms with Gasteiger partial charge in [-0.2, -0.15) is 0 Å². The predicted molar refractivity (Wildman–Crippen MR) is 64.5 cm³/mol. The normalized spacial score (nSPS) is 19.9. The fraction of sp³-hybridized carbons (Fsp3) is 0.636. The van der Waals surface area contributed by atoms with Gasteiger partial charge in [-0.25, -0.2) is 4.98 Å². The Morgan fingerprint density at radius 2 is 2.62 bits per heavy atom. The van der Waals surface area contributed by atoms with Gasteiger partial charge in [-0.1, -0.05) is 0 Å². The summed E-state index contributed by atoms with van der Waals surface area (Å²) in [5.74, 6) is 0.224. The first-order valence-electron chi connectivity index (χ1n) is 5.61. The molecule has 1 aromatic heterocycles. The van der Waals surface area contributed by atoms with Gasteiger partial charge in [0.15, 0.2) is 0 Å². The summed E-state index contributed by atoms with van der Waals surface area (Å²) in [7, 11) is 1.90. The van der Waals surface area contributed by atoms with Crippen LogP contribution in [0.5, 0.6) is 0 Å². The number of aromatic nitrogens is 1. The summed E-state index contributed by atoms with van der Waals surface area (Å²) in [6.07, 6.45) is 2.39. The second kappa shape index (κ2) is 5.41. The fourth-order valence-corrected chi connectivity index (χ4v) is 2.54. The molecule has 1 aliphatic heterocycles. The number of carbonyl (C=O) groups excluding carboxylic acids is 1. The van der Waals surface area contributed by atoms with Crippen LogP contribution in [0.4, 0.5) is 0 Å². The van der Waals surface area contributed by atoms with Crippen molar-refractivity contribution in [3.05, 3.63) is 16.6 Å². The molecule has 1 N–H and O–H groups in total. The molecule has 16 heavy (non-hydrogen) atoms. The molecular weight excluding hydrogens is 222 g/mol. The van der Waals surface area contributed by atoms with Crippen LogP contribution in [-0.4, -0.2) is 42.0 Å². The van der Waals surface area contributed by atoms with Crippen molar-refractivity contribution < 1.29 is 4.79 Å². The van der Waals surface area contributed by atoms with Gasteiger partial charge in [0.05, 0.1) is 11.2 Å². The number of carbonyl (C=O) groups is 1. The summed E-state index contributed by atoms with van der Waals surface area (Å²) in [4.78, 5) is 18.0. The lowest BCUT2D eigenvalue weighted by atomic mass is 10.2. The van der Waals surface area contributed by atoms with Gasteiger partial charge >= 0.3 is 0 Å². The van der Waals surface area contributed by atoms with E-state index in [1.54, 1.807) is 11.3 Å². The number of hydrogen-bond donors (Lipinski definition) is 1. The van der Waals surface area contributed by atoms with Crippen LogP contribution in [0, 0.1) is 0 Å². The molecule has 0 bridgehead atoms. The smallest absolute Gasteiger partial charge is 0.222 e. The summed E-state index contributed by atoms with van der Waals surface area (Å²) < 4.78 is 0. The Balaban J connectivity index is 1.78. The second-order valence-corrected chi connectivity index (χ2v) is 4.85. The van der Waals surface area contributed by atoms with Crippen LogP contribution < -0.4 is 5.32 Å². The minimum absolute atomic E-state index is 0.224. The SMILES string of the molecule is CN(C(=O)CCc1cscn1)C1CCNC1. The van der Waals surface area contributed by atoms with Gasteiger partial charge in [-0.15, -0.1) is 11.3 Å². The van der Waals surface area contributed by atoms with E-state index in [4.69, 9.17) is 0 Å². The third-order valence-electron chi connectivity index (χ3n) is 3.05. The van der Waals surface area contributed by atoms with Gasteiger partial charge in [0, 0.05) is 31.4 Å². The van der Waals surface area contributed by atoms with Crippen LogP contribution in [0.2, 0.25) is 0 Å². The van der Waals surface area contributed by atoms with E-state index in [-0.39, 0.29) is 5.91 Å². The molecule has 1 unspecified atom stereocenters. The van der Waals surface area contributed by atoms with E-state index in [0.29, 0.717) is 12.5 Å². The van der Waals surface area contributed by atoms with E-state index in [9.17, 15) is 4.79 Å². The van der Waals surface area contributed by atoms with E-state index < -0.39 is 0 Å². The lowest BCUT2D eigenvalue weighted by molar-refractivity contribution is -0.131. The minimum Gasteiger partial charge on any atom is -0.341 e. The van der Waals surface area contributed by atoms with Crippen molar-refractivity contribution >= 4 is 17.2 Å². The Labute approximate surface area is 99.7 Å². The maximum absolute atomic E-state index is 11.9. The van der Waals surface area contributed by atoms with Crippen molar-refractivity contribution in [2.24, 2.45) is 0 Å². The molecule has 0 aliphatic carbocycles. The van der Waals surface area contributed by atoms with E-state index in [0.717, 1.165) is 31.6 Å². The lowest BCUT2D eigenvalue weighted by Crippen LogP contribution is -2.38. The van der Waals surface area contributed by atoms with Crippen molar-refractivity contribution in [3.8, 4) is 0 Å². The lowest BCUT2D eigenvalue weighted by Gasteiger charge is -2.23. The van der Waals surface area contributed by atoms with Crippen LogP contribution in [-0.2, 0) is 11.2 Å². The highest BCUT2D eigenvalue weighted by Gasteiger charge is 2.22. The summed E-state index contributed by atoms with van der Waals surface area (Å²) in [5, 5.41) is 5.28. The molecule has 1 saturated heterocycles. The van der Waals surface area contributed by atoms with Crippen LogP contribution in [0.15, 0.2) is 10.9 Å². The molecule has 2 rings (SSSR count). The monoisotopic (exact) mass is 239 g/mol. The Bertz CT molecular complexity index is 333. The highest BCUT2D eigenvalue weighted by atomic mass is 32.1. The molecule has 0 aromatic carbocycles. The third-order valence-corrected chi connectivity index (χ3v) is 3.69. The quantitative estimate of drug-likeness (QED) is 0.849. The van der Waals surface area contributed by atoms with Crippen molar-refractivity contribution in [1.82, 2.24) is 15.2 Å². The standard InChI is InChI=1S/C11H17N3OS/c1-14(10-4-5-12-6-10)11(15)3-2-9-7-16-8-13-9/h7-8,10,12H,2-6H2,1H3. The van der Waals surface area contributed by atoms with E-state index in [1.807, 2.05) is 22.8 Å². The molecule has 0 radical (unpaired) electrons. The number of hydrogen-bond acceptors (Lipinski definition) is 4. The zero-order valence-corrected chi connectivity index (χ0v) is 10.3. The Kier molecular flexibility index (Phi) is 3.90. The number of nitrogens with one attached hydrogen (secondary N) is 1. The molecule has 1 aromatic rings. The maximum Gasteiger partial charge on any atom is 0.222 e. The van der Waals surface area contributed by atoms with E-state index in [2.05, 4.69) is 10.3 Å².